The highest BCUT2D eigenvalue weighted by atomic mass is 14.7. The van der Waals surface area contributed by atoms with Crippen molar-refractivity contribution in [1.82, 2.24) is 0 Å². The van der Waals surface area contributed by atoms with E-state index >= 15 is 0 Å². The summed E-state index contributed by atoms with van der Waals surface area (Å²) in [7, 11) is 0. The quantitative estimate of drug-likeness (QED) is 0.613. The molecule has 0 aliphatic heterocycles. The molecule has 0 aromatic heterocycles. The zero-order valence-corrected chi connectivity index (χ0v) is 12.1. The Morgan fingerprint density at radius 2 is 1.94 bits per heavy atom. The van der Waals surface area contributed by atoms with Gasteiger partial charge in [0.05, 0.1) is 0 Å². The molecule has 1 rings (SSSR count). The van der Waals surface area contributed by atoms with E-state index in [2.05, 4.69) is 58.8 Å². The number of allylic oxidation sites excluding steroid dienone is 6. The molecule has 0 N–H and O–H groups in total. The molecule has 1 unspecified atom stereocenters. The smallest absolute Gasteiger partial charge is 0.0469 e. The molecule has 1 atom stereocenters. The van der Waals surface area contributed by atoms with Gasteiger partial charge in [-0.15, -0.1) is 0 Å². The Hall–Kier alpha value is -1.11. The molecule has 17 heavy (non-hydrogen) atoms. The van der Waals surface area contributed by atoms with Gasteiger partial charge in [0.1, 0.15) is 0 Å². The average Bonchev–Trinajstić information content (AvgIpc) is 2.55. The summed E-state index contributed by atoms with van der Waals surface area (Å²) in [6, 6.07) is 0.414. The second-order valence-corrected chi connectivity index (χ2v) is 5.02. The van der Waals surface area contributed by atoms with Crippen molar-refractivity contribution < 1.29 is 0 Å². The van der Waals surface area contributed by atoms with Gasteiger partial charge in [-0.3, -0.25) is 4.99 Å². The fourth-order valence-corrected chi connectivity index (χ4v) is 2.21. The normalized spacial score (nSPS) is 19.8. The molecular weight excluding hydrogens is 206 g/mol. The highest BCUT2D eigenvalue weighted by Gasteiger charge is 2.17. The Morgan fingerprint density at radius 1 is 1.29 bits per heavy atom. The van der Waals surface area contributed by atoms with E-state index in [1.165, 1.54) is 27.9 Å². The molecule has 0 heterocycles. The van der Waals surface area contributed by atoms with Crippen molar-refractivity contribution in [2.24, 2.45) is 4.99 Å². The lowest BCUT2D eigenvalue weighted by Crippen LogP contribution is -1.99. The highest BCUT2D eigenvalue weighted by Crippen LogP contribution is 2.35. The molecular formula is C16H25N. The van der Waals surface area contributed by atoms with Gasteiger partial charge in [0.25, 0.3) is 0 Å². The number of aliphatic imine (C=N–C) groups is 1. The molecule has 1 aliphatic carbocycles. The summed E-state index contributed by atoms with van der Waals surface area (Å²) in [5.41, 5.74) is 7.10. The van der Waals surface area contributed by atoms with Crippen molar-refractivity contribution in [3.63, 3.8) is 0 Å². The SMILES string of the molecule is C/C=C(\C=NC(C)CC)C1=C(C)CC(C)=C1C. The Labute approximate surface area is 106 Å². The van der Waals surface area contributed by atoms with Crippen LogP contribution in [0.3, 0.4) is 0 Å². The molecule has 0 spiro atoms. The lowest BCUT2D eigenvalue weighted by Gasteiger charge is -2.09. The molecule has 0 amide bonds. The second-order valence-electron chi connectivity index (χ2n) is 5.02. The minimum absolute atomic E-state index is 0.414. The minimum Gasteiger partial charge on any atom is -0.290 e. The van der Waals surface area contributed by atoms with E-state index in [9.17, 15) is 0 Å². The first-order chi connectivity index (χ1) is 8.01. The van der Waals surface area contributed by atoms with Crippen LogP contribution < -0.4 is 0 Å². The van der Waals surface area contributed by atoms with E-state index in [0.29, 0.717) is 6.04 Å². The predicted octanol–water partition coefficient (Wildman–Crippen LogP) is 4.86. The topological polar surface area (TPSA) is 12.4 Å². The first kappa shape index (κ1) is 14.0. The van der Waals surface area contributed by atoms with Crippen LogP contribution in [0, 0.1) is 0 Å². The van der Waals surface area contributed by atoms with Crippen LogP contribution in [-0.4, -0.2) is 12.3 Å². The van der Waals surface area contributed by atoms with E-state index in [1.54, 1.807) is 0 Å². The Morgan fingerprint density at radius 3 is 2.35 bits per heavy atom. The molecule has 0 radical (unpaired) electrons. The van der Waals surface area contributed by atoms with Gasteiger partial charge < -0.3 is 0 Å². The molecule has 94 valence electrons. The summed E-state index contributed by atoms with van der Waals surface area (Å²) in [4.78, 5) is 4.60. The predicted molar refractivity (Wildman–Crippen MR) is 77.7 cm³/mol. The zero-order valence-electron chi connectivity index (χ0n) is 12.1. The molecule has 0 aromatic carbocycles. The maximum Gasteiger partial charge on any atom is 0.0469 e. The van der Waals surface area contributed by atoms with E-state index in [0.717, 1.165) is 12.8 Å². The zero-order chi connectivity index (χ0) is 13.0. The van der Waals surface area contributed by atoms with Gasteiger partial charge in [0.2, 0.25) is 0 Å². The number of rotatable bonds is 4. The average molecular weight is 231 g/mol. The van der Waals surface area contributed by atoms with Crippen LogP contribution in [0.1, 0.15) is 54.4 Å². The summed E-state index contributed by atoms with van der Waals surface area (Å²) >= 11 is 0. The molecule has 0 saturated carbocycles. The van der Waals surface area contributed by atoms with E-state index in [4.69, 9.17) is 0 Å². The van der Waals surface area contributed by atoms with Gasteiger partial charge in [-0.25, -0.2) is 0 Å². The minimum atomic E-state index is 0.414. The van der Waals surface area contributed by atoms with Crippen LogP contribution in [-0.2, 0) is 0 Å². The lowest BCUT2D eigenvalue weighted by atomic mass is 9.99. The van der Waals surface area contributed by atoms with Crippen molar-refractivity contribution in [3.8, 4) is 0 Å². The summed E-state index contributed by atoms with van der Waals surface area (Å²) in [5.74, 6) is 0. The monoisotopic (exact) mass is 231 g/mol. The third-order valence-electron chi connectivity index (χ3n) is 3.63. The van der Waals surface area contributed by atoms with Crippen LogP contribution in [0.5, 0.6) is 0 Å². The maximum absolute atomic E-state index is 4.60. The van der Waals surface area contributed by atoms with Crippen LogP contribution in [0.25, 0.3) is 0 Å². The van der Waals surface area contributed by atoms with E-state index in [-0.39, 0.29) is 0 Å². The molecule has 0 saturated heterocycles. The van der Waals surface area contributed by atoms with Crippen molar-refractivity contribution in [2.45, 2.75) is 60.4 Å². The van der Waals surface area contributed by atoms with Gasteiger partial charge >= 0.3 is 0 Å². The third kappa shape index (κ3) is 3.18. The van der Waals surface area contributed by atoms with Crippen molar-refractivity contribution in [2.75, 3.05) is 0 Å². The van der Waals surface area contributed by atoms with Gasteiger partial charge in [-0.1, -0.05) is 24.1 Å². The number of hydrogen-bond acceptors (Lipinski definition) is 1. The molecule has 0 bridgehead atoms. The van der Waals surface area contributed by atoms with Gasteiger partial charge in [-0.2, -0.15) is 0 Å². The van der Waals surface area contributed by atoms with Crippen LogP contribution in [0.4, 0.5) is 0 Å². The summed E-state index contributed by atoms with van der Waals surface area (Å²) in [5, 5.41) is 0. The van der Waals surface area contributed by atoms with Crippen LogP contribution >= 0.6 is 0 Å². The summed E-state index contributed by atoms with van der Waals surface area (Å²) in [6.45, 7) is 13.1. The van der Waals surface area contributed by atoms with Gasteiger partial charge in [0, 0.05) is 12.3 Å². The Balaban J connectivity index is 2.98. The number of nitrogens with zero attached hydrogens (tertiary/aromatic N) is 1. The van der Waals surface area contributed by atoms with Crippen molar-refractivity contribution in [3.05, 3.63) is 33.9 Å². The molecule has 1 aliphatic rings. The standard InChI is InChI=1S/C16H25N/c1-7-13(5)17-10-15(8-2)16-12(4)9-11(3)14(16)6/h8,10,13H,7,9H2,1-6H3/b15-8+,17-10?. The second kappa shape index (κ2) is 6.00. The van der Waals surface area contributed by atoms with Crippen molar-refractivity contribution in [1.29, 1.82) is 0 Å². The van der Waals surface area contributed by atoms with Crippen molar-refractivity contribution >= 4 is 6.21 Å². The van der Waals surface area contributed by atoms with Gasteiger partial charge in [0.15, 0.2) is 0 Å². The number of hydrogen-bond donors (Lipinski definition) is 0. The fraction of sp³-hybridized carbons (Fsp3) is 0.562. The summed E-state index contributed by atoms with van der Waals surface area (Å²) in [6.07, 6.45) is 6.44. The van der Waals surface area contributed by atoms with Crippen LogP contribution in [0.2, 0.25) is 0 Å². The van der Waals surface area contributed by atoms with Gasteiger partial charge in [-0.05, 0) is 64.2 Å². The Kier molecular flexibility index (Phi) is 4.92. The first-order valence-corrected chi connectivity index (χ1v) is 6.57. The molecule has 1 heteroatoms. The third-order valence-corrected chi connectivity index (χ3v) is 3.63. The molecule has 1 nitrogen and oxygen atoms in total. The molecule has 0 aromatic rings. The van der Waals surface area contributed by atoms with E-state index < -0.39 is 0 Å². The first-order valence-electron chi connectivity index (χ1n) is 6.57. The largest absolute Gasteiger partial charge is 0.290 e. The fourth-order valence-electron chi connectivity index (χ4n) is 2.21. The van der Waals surface area contributed by atoms with Crippen LogP contribution in [0.15, 0.2) is 38.9 Å². The summed E-state index contributed by atoms with van der Waals surface area (Å²) < 4.78 is 0. The van der Waals surface area contributed by atoms with E-state index in [1.807, 2.05) is 0 Å². The lowest BCUT2D eigenvalue weighted by molar-refractivity contribution is 0.720. The molecule has 0 fully saturated rings. The Bertz CT molecular complexity index is 405. The maximum atomic E-state index is 4.60. The highest BCUT2D eigenvalue weighted by molar-refractivity contribution is 5.88.